The summed E-state index contributed by atoms with van der Waals surface area (Å²) in [5.74, 6) is 1.07. The van der Waals surface area contributed by atoms with Crippen LogP contribution in [0.1, 0.15) is 40.2 Å². The number of sulfonamides is 1. The lowest BCUT2D eigenvalue weighted by atomic mass is 9.87. The number of anilines is 2. The van der Waals surface area contributed by atoms with Crippen LogP contribution in [0.2, 0.25) is 0 Å². The van der Waals surface area contributed by atoms with Gasteiger partial charge >= 0.3 is 0 Å². The Labute approximate surface area is 191 Å². The third-order valence-corrected chi connectivity index (χ3v) is 6.67. The van der Waals surface area contributed by atoms with Crippen LogP contribution in [0.5, 0.6) is 11.5 Å². The lowest BCUT2D eigenvalue weighted by Gasteiger charge is -2.31. The maximum atomic E-state index is 13.1. The zero-order valence-electron chi connectivity index (χ0n) is 19.6. The van der Waals surface area contributed by atoms with Crippen LogP contribution < -0.4 is 19.1 Å². The molecule has 1 N–H and O–H groups in total. The fourth-order valence-electron chi connectivity index (χ4n) is 3.56. The summed E-state index contributed by atoms with van der Waals surface area (Å²) < 4.78 is 46.1. The highest BCUT2D eigenvalue weighted by molar-refractivity contribution is 7.92. The maximum Gasteiger partial charge on any atom is 0.262 e. The molecule has 1 saturated heterocycles. The Morgan fingerprint density at radius 3 is 2.12 bits per heavy atom. The number of rotatable bonds is 8. The van der Waals surface area contributed by atoms with Crippen molar-refractivity contribution < 1.29 is 22.6 Å². The van der Waals surface area contributed by atoms with E-state index in [1.165, 1.54) is 0 Å². The van der Waals surface area contributed by atoms with Crippen LogP contribution in [-0.2, 0) is 20.2 Å². The largest absolute Gasteiger partial charge is 0.492 e. The van der Waals surface area contributed by atoms with Gasteiger partial charge in [-0.25, -0.2) is 8.42 Å². The van der Waals surface area contributed by atoms with E-state index in [4.69, 9.17) is 14.2 Å². The van der Waals surface area contributed by atoms with Crippen molar-refractivity contribution >= 4 is 21.4 Å². The molecule has 0 saturated carbocycles. The van der Waals surface area contributed by atoms with Gasteiger partial charge in [-0.2, -0.15) is 0 Å². The van der Waals surface area contributed by atoms with Gasteiger partial charge < -0.3 is 19.1 Å². The van der Waals surface area contributed by atoms with Gasteiger partial charge in [0.1, 0.15) is 11.5 Å². The van der Waals surface area contributed by atoms with E-state index < -0.39 is 10.0 Å². The minimum Gasteiger partial charge on any atom is -0.492 e. The molecule has 0 unspecified atom stereocenters. The number of morpholine rings is 1. The third-order valence-electron chi connectivity index (χ3n) is 5.29. The topological polar surface area (TPSA) is 77.1 Å². The van der Waals surface area contributed by atoms with E-state index in [9.17, 15) is 8.42 Å². The number of hydrogen-bond acceptors (Lipinski definition) is 6. The third kappa shape index (κ3) is 5.66. The van der Waals surface area contributed by atoms with Gasteiger partial charge in [-0.05, 0) is 37.0 Å². The van der Waals surface area contributed by atoms with Crippen LogP contribution in [0, 0.1) is 0 Å². The Balaban J connectivity index is 1.97. The van der Waals surface area contributed by atoms with Crippen molar-refractivity contribution in [1.82, 2.24) is 0 Å². The summed E-state index contributed by atoms with van der Waals surface area (Å²) in [5.41, 5.74) is 2.24. The van der Waals surface area contributed by atoms with E-state index in [1.807, 2.05) is 32.0 Å². The zero-order chi connectivity index (χ0) is 23.4. The summed E-state index contributed by atoms with van der Waals surface area (Å²) in [7, 11) is -3.80. The second kappa shape index (κ2) is 10.0. The highest BCUT2D eigenvalue weighted by Crippen LogP contribution is 2.40. The second-order valence-electron chi connectivity index (χ2n) is 8.66. The molecule has 0 atom stereocenters. The van der Waals surface area contributed by atoms with Crippen LogP contribution in [0.15, 0.2) is 41.3 Å². The number of nitrogens with one attached hydrogen (secondary N) is 1. The minimum atomic E-state index is -3.80. The SMILES string of the molecule is CCOc1cc(N2CCOCC2)c(OCC)cc1NS(=O)(=O)c1ccc(C(C)(C)C)cc1. The van der Waals surface area contributed by atoms with Crippen LogP contribution in [-0.4, -0.2) is 47.9 Å². The molecule has 7 nitrogen and oxygen atoms in total. The van der Waals surface area contributed by atoms with Crippen molar-refractivity contribution in [3.05, 3.63) is 42.0 Å². The molecule has 1 heterocycles. The van der Waals surface area contributed by atoms with Gasteiger partial charge in [0, 0.05) is 25.2 Å². The van der Waals surface area contributed by atoms with Gasteiger partial charge in [-0.3, -0.25) is 4.72 Å². The normalized spacial score (nSPS) is 14.8. The van der Waals surface area contributed by atoms with Gasteiger partial charge in [0.05, 0.1) is 42.7 Å². The van der Waals surface area contributed by atoms with E-state index in [1.54, 1.807) is 18.2 Å². The summed E-state index contributed by atoms with van der Waals surface area (Å²) in [6, 6.07) is 10.5. The molecule has 176 valence electrons. The first kappa shape index (κ1) is 24.2. The molecule has 3 rings (SSSR count). The summed E-state index contributed by atoms with van der Waals surface area (Å²) in [6.45, 7) is 13.7. The van der Waals surface area contributed by atoms with Crippen molar-refractivity contribution in [2.45, 2.75) is 44.9 Å². The first-order valence-corrected chi connectivity index (χ1v) is 12.5. The predicted molar refractivity (Wildman–Crippen MR) is 128 cm³/mol. The fraction of sp³-hybridized carbons (Fsp3) is 0.500. The molecular formula is C24H34N2O5S. The molecule has 1 aliphatic heterocycles. The summed E-state index contributed by atoms with van der Waals surface area (Å²) in [6.07, 6.45) is 0. The molecule has 2 aromatic carbocycles. The van der Waals surface area contributed by atoms with Crippen LogP contribution >= 0.6 is 0 Å². The molecule has 0 spiro atoms. The monoisotopic (exact) mass is 462 g/mol. The minimum absolute atomic E-state index is 0.0560. The van der Waals surface area contributed by atoms with Crippen molar-refractivity contribution in [3.63, 3.8) is 0 Å². The Kier molecular flexibility index (Phi) is 7.56. The summed E-state index contributed by atoms with van der Waals surface area (Å²) in [5, 5.41) is 0. The quantitative estimate of drug-likeness (QED) is 0.626. The fourth-order valence-corrected chi connectivity index (χ4v) is 4.63. The highest BCUT2D eigenvalue weighted by atomic mass is 32.2. The van der Waals surface area contributed by atoms with Gasteiger partial charge in [-0.1, -0.05) is 32.9 Å². The van der Waals surface area contributed by atoms with Gasteiger partial charge in [-0.15, -0.1) is 0 Å². The molecule has 1 fully saturated rings. The van der Waals surface area contributed by atoms with E-state index in [0.29, 0.717) is 43.6 Å². The molecule has 0 amide bonds. The number of benzene rings is 2. The zero-order valence-corrected chi connectivity index (χ0v) is 20.4. The second-order valence-corrected chi connectivity index (χ2v) is 10.3. The van der Waals surface area contributed by atoms with Gasteiger partial charge in [0.2, 0.25) is 0 Å². The summed E-state index contributed by atoms with van der Waals surface area (Å²) in [4.78, 5) is 2.36. The summed E-state index contributed by atoms with van der Waals surface area (Å²) >= 11 is 0. The highest BCUT2D eigenvalue weighted by Gasteiger charge is 2.23. The first-order valence-electron chi connectivity index (χ1n) is 11.1. The Hall–Kier alpha value is -2.45. The van der Waals surface area contributed by atoms with E-state index in [2.05, 4.69) is 30.4 Å². The number of ether oxygens (including phenoxy) is 3. The lowest BCUT2D eigenvalue weighted by molar-refractivity contribution is 0.122. The molecule has 0 aromatic heterocycles. The average Bonchev–Trinajstić information content (AvgIpc) is 2.75. The van der Waals surface area contributed by atoms with Gasteiger partial charge in [0.25, 0.3) is 10.0 Å². The average molecular weight is 463 g/mol. The first-order chi connectivity index (χ1) is 15.2. The molecule has 8 heteroatoms. The standard InChI is InChI=1S/C24H34N2O5S/c1-6-30-22-17-21(26-12-14-29-15-13-26)23(31-7-2)16-20(22)25-32(27,28)19-10-8-18(9-11-19)24(3,4)5/h8-11,16-17,25H,6-7,12-15H2,1-5H3. The number of nitrogens with zero attached hydrogens (tertiary/aromatic N) is 1. The predicted octanol–water partition coefficient (Wildman–Crippen LogP) is 4.42. The molecular weight excluding hydrogens is 428 g/mol. The molecule has 1 aliphatic rings. The smallest absolute Gasteiger partial charge is 0.262 e. The van der Waals surface area contributed by atoms with E-state index >= 15 is 0 Å². The maximum absolute atomic E-state index is 13.1. The Morgan fingerprint density at radius 2 is 1.56 bits per heavy atom. The molecule has 0 bridgehead atoms. The molecule has 0 radical (unpaired) electrons. The Bertz CT molecular complexity index is 1010. The lowest BCUT2D eigenvalue weighted by Crippen LogP contribution is -2.36. The van der Waals surface area contributed by atoms with Gasteiger partial charge in [0.15, 0.2) is 0 Å². The van der Waals surface area contributed by atoms with E-state index in [0.717, 1.165) is 24.3 Å². The Morgan fingerprint density at radius 1 is 0.969 bits per heavy atom. The van der Waals surface area contributed by atoms with Crippen molar-refractivity contribution in [3.8, 4) is 11.5 Å². The molecule has 0 aliphatic carbocycles. The number of hydrogen-bond donors (Lipinski definition) is 1. The van der Waals surface area contributed by atoms with Crippen molar-refractivity contribution in [1.29, 1.82) is 0 Å². The van der Waals surface area contributed by atoms with Crippen molar-refractivity contribution in [2.75, 3.05) is 49.1 Å². The van der Waals surface area contributed by atoms with E-state index in [-0.39, 0.29) is 10.3 Å². The van der Waals surface area contributed by atoms with Crippen LogP contribution in [0.4, 0.5) is 11.4 Å². The molecule has 32 heavy (non-hydrogen) atoms. The van der Waals surface area contributed by atoms with Crippen LogP contribution in [0.25, 0.3) is 0 Å². The van der Waals surface area contributed by atoms with Crippen LogP contribution in [0.3, 0.4) is 0 Å². The molecule has 2 aromatic rings. The van der Waals surface area contributed by atoms with Crippen molar-refractivity contribution in [2.24, 2.45) is 0 Å².